The Hall–Kier alpha value is -2.19. The fourth-order valence-corrected chi connectivity index (χ4v) is 4.24. The van der Waals surface area contributed by atoms with E-state index in [1.54, 1.807) is 0 Å². The van der Waals surface area contributed by atoms with Gasteiger partial charge in [0.2, 0.25) is 5.91 Å². The average molecular weight is 406 g/mol. The van der Waals surface area contributed by atoms with Crippen molar-refractivity contribution in [2.75, 3.05) is 33.4 Å². The van der Waals surface area contributed by atoms with Crippen LogP contribution in [-0.2, 0) is 32.0 Å². The highest BCUT2D eigenvalue weighted by Crippen LogP contribution is 2.29. The van der Waals surface area contributed by atoms with Gasteiger partial charge in [-0.2, -0.15) is 0 Å². The van der Waals surface area contributed by atoms with E-state index in [0.717, 1.165) is 40.6 Å². The minimum absolute atomic E-state index is 0.109. The summed E-state index contributed by atoms with van der Waals surface area (Å²) in [5, 5.41) is 2.85. The summed E-state index contributed by atoms with van der Waals surface area (Å²) in [5.74, 6) is -0.0748. The molecule has 1 fully saturated rings. The molecule has 8 heteroatoms. The van der Waals surface area contributed by atoms with Gasteiger partial charge in [0.05, 0.1) is 32.4 Å². The Morgan fingerprint density at radius 2 is 2.04 bits per heavy atom. The lowest BCUT2D eigenvalue weighted by molar-refractivity contribution is -0.140. The van der Waals surface area contributed by atoms with E-state index >= 15 is 0 Å². The summed E-state index contributed by atoms with van der Waals surface area (Å²) in [6, 6.07) is 2.12. The van der Waals surface area contributed by atoms with Gasteiger partial charge in [-0.05, 0) is 26.3 Å². The largest absolute Gasteiger partial charge is 0.469 e. The van der Waals surface area contributed by atoms with Gasteiger partial charge in [0.15, 0.2) is 0 Å². The Kier molecular flexibility index (Phi) is 6.85. The molecule has 0 N–H and O–H groups in total. The molecule has 3 heterocycles. The van der Waals surface area contributed by atoms with Crippen LogP contribution in [0.25, 0.3) is 11.3 Å². The first-order valence-electron chi connectivity index (χ1n) is 9.53. The number of hydrogen-bond donors (Lipinski definition) is 0. The maximum absolute atomic E-state index is 12.4. The van der Waals surface area contributed by atoms with Crippen LogP contribution in [0.1, 0.15) is 29.2 Å². The number of aryl methyl sites for hydroxylation is 1. The number of hydrogen-bond acceptors (Lipinski definition) is 6. The molecule has 1 aliphatic rings. The maximum Gasteiger partial charge on any atom is 0.305 e. The molecule has 2 aromatic rings. The summed E-state index contributed by atoms with van der Waals surface area (Å²) in [6.07, 6.45) is 1.48. The number of aromatic nitrogens is 2. The second kappa shape index (κ2) is 9.34. The molecule has 0 spiro atoms. The molecule has 0 radical (unpaired) electrons. The molecule has 0 atom stereocenters. The lowest BCUT2D eigenvalue weighted by Gasteiger charge is -2.26. The number of morpholine rings is 1. The third-order valence-corrected chi connectivity index (χ3v) is 5.91. The van der Waals surface area contributed by atoms with Crippen molar-refractivity contribution in [3.05, 3.63) is 27.8 Å². The van der Waals surface area contributed by atoms with Gasteiger partial charge in [-0.15, -0.1) is 11.3 Å². The average Bonchev–Trinajstić information content (AvgIpc) is 3.27. The molecule has 0 aromatic carbocycles. The van der Waals surface area contributed by atoms with Crippen LogP contribution < -0.4 is 0 Å². The molecule has 0 saturated carbocycles. The van der Waals surface area contributed by atoms with E-state index in [2.05, 4.69) is 24.5 Å². The highest BCUT2D eigenvalue weighted by molar-refractivity contribution is 7.10. The van der Waals surface area contributed by atoms with E-state index in [-0.39, 0.29) is 11.9 Å². The van der Waals surface area contributed by atoms with E-state index in [1.807, 2.05) is 10.3 Å². The minimum Gasteiger partial charge on any atom is -0.469 e. The van der Waals surface area contributed by atoms with Crippen LogP contribution >= 0.6 is 11.3 Å². The van der Waals surface area contributed by atoms with E-state index < -0.39 is 0 Å². The molecular formula is C20H27N3O4S. The molecule has 1 aliphatic heterocycles. The predicted octanol–water partition coefficient (Wildman–Crippen LogP) is 2.58. The first-order chi connectivity index (χ1) is 13.5. The van der Waals surface area contributed by atoms with Crippen LogP contribution in [-0.4, -0.2) is 59.7 Å². The highest BCUT2D eigenvalue weighted by Gasteiger charge is 2.19. The van der Waals surface area contributed by atoms with Crippen molar-refractivity contribution in [2.45, 2.75) is 39.7 Å². The highest BCUT2D eigenvalue weighted by atomic mass is 32.1. The number of rotatable bonds is 7. The zero-order valence-corrected chi connectivity index (χ0v) is 17.5. The van der Waals surface area contributed by atoms with Crippen molar-refractivity contribution in [3.63, 3.8) is 0 Å². The number of nitrogens with zero attached hydrogens (tertiary/aromatic N) is 3. The molecule has 1 amide bonds. The Morgan fingerprint density at radius 3 is 2.75 bits per heavy atom. The van der Waals surface area contributed by atoms with Crippen molar-refractivity contribution in [2.24, 2.45) is 0 Å². The fraction of sp³-hybridized carbons (Fsp3) is 0.550. The van der Waals surface area contributed by atoms with Gasteiger partial charge in [0.25, 0.3) is 0 Å². The first kappa shape index (κ1) is 20.5. The number of thiazole rings is 1. The summed E-state index contributed by atoms with van der Waals surface area (Å²) in [6.45, 7) is 7.42. The second-order valence-corrected chi connectivity index (χ2v) is 7.86. The normalized spacial score (nSPS) is 14.3. The van der Waals surface area contributed by atoms with Crippen molar-refractivity contribution in [1.29, 1.82) is 0 Å². The van der Waals surface area contributed by atoms with Crippen LogP contribution in [0.4, 0.5) is 0 Å². The topological polar surface area (TPSA) is 73.7 Å². The monoisotopic (exact) mass is 405 g/mol. The third-order valence-electron chi connectivity index (χ3n) is 5.06. The molecule has 28 heavy (non-hydrogen) atoms. The zero-order valence-electron chi connectivity index (χ0n) is 16.7. The summed E-state index contributed by atoms with van der Waals surface area (Å²) >= 11 is 1.52. The van der Waals surface area contributed by atoms with Crippen molar-refractivity contribution in [1.82, 2.24) is 14.5 Å². The number of esters is 1. The van der Waals surface area contributed by atoms with Gasteiger partial charge < -0.3 is 18.9 Å². The number of amides is 1. The number of methoxy groups -OCH3 is 1. The van der Waals surface area contributed by atoms with E-state index in [4.69, 9.17) is 14.5 Å². The molecule has 0 unspecified atom stereocenters. The maximum atomic E-state index is 12.4. The molecule has 7 nitrogen and oxygen atoms in total. The molecule has 3 rings (SSSR count). The van der Waals surface area contributed by atoms with Gasteiger partial charge in [0, 0.05) is 48.4 Å². The predicted molar refractivity (Wildman–Crippen MR) is 107 cm³/mol. The van der Waals surface area contributed by atoms with Crippen LogP contribution in [0.3, 0.4) is 0 Å². The first-order valence-corrected chi connectivity index (χ1v) is 10.4. The van der Waals surface area contributed by atoms with Crippen molar-refractivity contribution in [3.8, 4) is 11.3 Å². The van der Waals surface area contributed by atoms with Crippen molar-refractivity contribution < 1.29 is 19.1 Å². The molecule has 2 aromatic heterocycles. The van der Waals surface area contributed by atoms with E-state index in [1.165, 1.54) is 18.4 Å². The summed E-state index contributed by atoms with van der Waals surface area (Å²) < 4.78 is 12.2. The van der Waals surface area contributed by atoms with E-state index in [0.29, 0.717) is 39.1 Å². The zero-order chi connectivity index (χ0) is 20.1. The lowest BCUT2D eigenvalue weighted by Crippen LogP contribution is -2.41. The van der Waals surface area contributed by atoms with Gasteiger partial charge in [-0.25, -0.2) is 4.98 Å². The van der Waals surface area contributed by atoms with E-state index in [9.17, 15) is 9.59 Å². The Labute approximate surface area is 169 Å². The Morgan fingerprint density at radius 1 is 1.29 bits per heavy atom. The number of carbonyl (C=O) groups excluding carboxylic acids is 2. The van der Waals surface area contributed by atoms with Crippen LogP contribution in [0.5, 0.6) is 0 Å². The number of ether oxygens (including phenoxy) is 2. The number of carbonyl (C=O) groups is 2. The van der Waals surface area contributed by atoms with Crippen LogP contribution in [0.15, 0.2) is 11.4 Å². The van der Waals surface area contributed by atoms with Crippen molar-refractivity contribution >= 4 is 23.2 Å². The standard InChI is InChI=1S/C20H27N3O4S/c1-14-11-16(15(2)23(14)6-4-5-20(25)26-3)17-13-28-18(21-17)12-19(24)22-7-9-27-10-8-22/h11,13H,4-10,12H2,1-3H3. The molecule has 1 saturated heterocycles. The third kappa shape index (κ3) is 4.80. The molecule has 152 valence electrons. The fourth-order valence-electron chi connectivity index (χ4n) is 3.46. The van der Waals surface area contributed by atoms with Gasteiger partial charge in [0.1, 0.15) is 5.01 Å². The van der Waals surface area contributed by atoms with Gasteiger partial charge >= 0.3 is 5.97 Å². The minimum atomic E-state index is -0.184. The van der Waals surface area contributed by atoms with Gasteiger partial charge in [-0.3, -0.25) is 9.59 Å². The summed E-state index contributed by atoms with van der Waals surface area (Å²) in [5.41, 5.74) is 4.24. The van der Waals surface area contributed by atoms with Crippen LogP contribution in [0.2, 0.25) is 0 Å². The molecule has 0 aliphatic carbocycles. The SMILES string of the molecule is COC(=O)CCCn1c(C)cc(-c2csc(CC(=O)N3CCOCC3)n2)c1C. The molecular weight excluding hydrogens is 378 g/mol. The Balaban J connectivity index is 1.66. The molecule has 0 bridgehead atoms. The Bertz CT molecular complexity index is 837. The second-order valence-electron chi connectivity index (χ2n) is 6.91. The van der Waals surface area contributed by atoms with Gasteiger partial charge in [-0.1, -0.05) is 0 Å². The van der Waals surface area contributed by atoms with Crippen LogP contribution in [0, 0.1) is 13.8 Å². The smallest absolute Gasteiger partial charge is 0.305 e. The summed E-state index contributed by atoms with van der Waals surface area (Å²) in [7, 11) is 1.41. The lowest BCUT2D eigenvalue weighted by atomic mass is 10.2. The summed E-state index contributed by atoms with van der Waals surface area (Å²) in [4.78, 5) is 30.3. The quantitative estimate of drug-likeness (QED) is 0.662.